The lowest BCUT2D eigenvalue weighted by atomic mass is 10.3. The summed E-state index contributed by atoms with van der Waals surface area (Å²) < 4.78 is 1.81. The maximum Gasteiger partial charge on any atom is 0.287 e. The van der Waals surface area contributed by atoms with Crippen LogP contribution in [0.1, 0.15) is 4.88 Å². The van der Waals surface area contributed by atoms with Gasteiger partial charge in [0.2, 0.25) is 5.95 Å². The molecule has 4 aromatic rings. The fourth-order valence-corrected chi connectivity index (χ4v) is 3.52. The van der Waals surface area contributed by atoms with Gasteiger partial charge in [0.25, 0.3) is 5.69 Å². The Morgan fingerprint density at radius 3 is 2.71 bits per heavy atom. The van der Waals surface area contributed by atoms with E-state index >= 15 is 0 Å². The highest BCUT2D eigenvalue weighted by molar-refractivity contribution is 7.16. The zero-order valence-electron chi connectivity index (χ0n) is 16.0. The van der Waals surface area contributed by atoms with Gasteiger partial charge in [0.1, 0.15) is 28.7 Å². The molecule has 0 atom stereocenters. The van der Waals surface area contributed by atoms with E-state index in [4.69, 9.17) is 5.26 Å². The number of pyridine rings is 1. The van der Waals surface area contributed by atoms with Crippen LogP contribution in [0.5, 0.6) is 0 Å². The summed E-state index contributed by atoms with van der Waals surface area (Å²) in [4.78, 5) is 28.7. The summed E-state index contributed by atoms with van der Waals surface area (Å²) in [5.74, 6) is 0.969. The van der Waals surface area contributed by atoms with Crippen molar-refractivity contribution in [3.63, 3.8) is 0 Å². The summed E-state index contributed by atoms with van der Waals surface area (Å²) in [7, 11) is 0. The number of hydrogen-bond acceptors (Lipinski definition) is 10. The van der Waals surface area contributed by atoms with E-state index in [-0.39, 0.29) is 5.69 Å². The van der Waals surface area contributed by atoms with Gasteiger partial charge in [-0.2, -0.15) is 5.26 Å². The van der Waals surface area contributed by atoms with Crippen molar-refractivity contribution >= 4 is 28.8 Å². The van der Waals surface area contributed by atoms with Crippen LogP contribution in [0.15, 0.2) is 55.4 Å². The van der Waals surface area contributed by atoms with Crippen LogP contribution >= 0.6 is 11.3 Å². The lowest BCUT2D eigenvalue weighted by molar-refractivity contribution is -0.385. The summed E-state index contributed by atoms with van der Waals surface area (Å²) >= 11 is 1.35. The molecule has 4 heterocycles. The third kappa shape index (κ3) is 4.62. The standard InChI is InChI=1S/C19H15N9O2S/c20-9-14-2-3-16(31-14)18-15(27-8-7-21-12-27)11-25-19(26-18)23-6-5-22-17-4-1-13(10-24-17)28(29)30/h1-4,7-8,10-12H,5-6H2,(H,22,24)(H,23,25,26). The Hall–Kier alpha value is -4.37. The minimum atomic E-state index is -0.492. The van der Waals surface area contributed by atoms with E-state index in [1.807, 2.05) is 10.6 Å². The topological polar surface area (TPSA) is 147 Å². The first-order chi connectivity index (χ1) is 15.1. The minimum Gasteiger partial charge on any atom is -0.368 e. The van der Waals surface area contributed by atoms with Gasteiger partial charge in [-0.1, -0.05) is 0 Å². The number of aromatic nitrogens is 5. The van der Waals surface area contributed by atoms with E-state index < -0.39 is 4.92 Å². The Balaban J connectivity index is 1.45. The van der Waals surface area contributed by atoms with Crippen molar-refractivity contribution in [2.45, 2.75) is 0 Å². The Kier molecular flexibility index (Phi) is 5.77. The maximum atomic E-state index is 10.7. The molecule has 0 aliphatic carbocycles. The maximum absolute atomic E-state index is 10.7. The molecule has 154 valence electrons. The van der Waals surface area contributed by atoms with Gasteiger partial charge >= 0.3 is 0 Å². The van der Waals surface area contributed by atoms with Crippen molar-refractivity contribution < 1.29 is 4.92 Å². The quantitative estimate of drug-likeness (QED) is 0.243. The van der Waals surface area contributed by atoms with Gasteiger partial charge < -0.3 is 15.2 Å². The number of thiophene rings is 1. The molecule has 0 saturated carbocycles. The molecule has 31 heavy (non-hydrogen) atoms. The number of anilines is 2. The highest BCUT2D eigenvalue weighted by Crippen LogP contribution is 2.31. The van der Waals surface area contributed by atoms with Crippen LogP contribution in [0, 0.1) is 21.4 Å². The van der Waals surface area contributed by atoms with E-state index in [2.05, 4.69) is 36.6 Å². The van der Waals surface area contributed by atoms with E-state index in [9.17, 15) is 10.1 Å². The average Bonchev–Trinajstić information content (AvgIpc) is 3.49. The first-order valence-electron chi connectivity index (χ1n) is 9.08. The number of rotatable bonds is 8. The molecule has 0 bridgehead atoms. The zero-order valence-corrected chi connectivity index (χ0v) is 16.8. The van der Waals surface area contributed by atoms with Crippen LogP contribution in [0.4, 0.5) is 17.5 Å². The van der Waals surface area contributed by atoms with E-state index in [0.717, 1.165) is 10.6 Å². The molecule has 4 rings (SSSR count). The fraction of sp³-hybridized carbons (Fsp3) is 0.105. The molecule has 0 aliphatic rings. The average molecular weight is 433 g/mol. The Bertz CT molecular complexity index is 1230. The second-order valence-corrected chi connectivity index (χ2v) is 7.27. The second kappa shape index (κ2) is 8.97. The number of nitrogens with one attached hydrogen (secondary N) is 2. The lowest BCUT2D eigenvalue weighted by Gasteiger charge is -2.11. The van der Waals surface area contributed by atoms with Crippen LogP contribution in [-0.4, -0.2) is 42.5 Å². The summed E-state index contributed by atoms with van der Waals surface area (Å²) in [5.41, 5.74) is 1.38. The Morgan fingerprint density at radius 1 is 1.16 bits per heavy atom. The molecule has 0 fully saturated rings. The highest BCUT2D eigenvalue weighted by atomic mass is 32.1. The predicted octanol–water partition coefficient (Wildman–Crippen LogP) is 3.09. The third-order valence-corrected chi connectivity index (χ3v) is 5.17. The van der Waals surface area contributed by atoms with E-state index in [1.165, 1.54) is 23.6 Å². The Labute approximate surface area is 180 Å². The van der Waals surface area contributed by atoms with Crippen molar-refractivity contribution in [1.29, 1.82) is 5.26 Å². The van der Waals surface area contributed by atoms with Gasteiger partial charge in [0.15, 0.2) is 0 Å². The molecule has 0 aliphatic heterocycles. The van der Waals surface area contributed by atoms with Gasteiger partial charge in [0.05, 0.1) is 28.0 Å². The number of nitro groups is 1. The smallest absolute Gasteiger partial charge is 0.287 e. The summed E-state index contributed by atoms with van der Waals surface area (Å²) in [6.45, 7) is 1.00. The van der Waals surface area contributed by atoms with Crippen molar-refractivity contribution in [2.24, 2.45) is 0 Å². The van der Waals surface area contributed by atoms with Crippen molar-refractivity contribution in [3.05, 3.63) is 70.4 Å². The number of nitrogens with zero attached hydrogens (tertiary/aromatic N) is 7. The molecular formula is C19H15N9O2S. The van der Waals surface area contributed by atoms with Crippen LogP contribution < -0.4 is 10.6 Å². The number of imidazole rings is 1. The molecule has 0 amide bonds. The highest BCUT2D eigenvalue weighted by Gasteiger charge is 2.14. The van der Waals surface area contributed by atoms with Gasteiger partial charge in [0, 0.05) is 31.5 Å². The molecule has 0 aromatic carbocycles. The van der Waals surface area contributed by atoms with E-state index in [0.29, 0.717) is 35.4 Å². The largest absolute Gasteiger partial charge is 0.368 e. The molecule has 0 spiro atoms. The van der Waals surface area contributed by atoms with Gasteiger partial charge in [-0.05, 0) is 18.2 Å². The zero-order chi connectivity index (χ0) is 21.6. The summed E-state index contributed by atoms with van der Waals surface area (Å²) in [6, 6.07) is 8.70. The van der Waals surface area contributed by atoms with Crippen molar-refractivity contribution in [1.82, 2.24) is 24.5 Å². The van der Waals surface area contributed by atoms with Crippen LogP contribution in [0.25, 0.3) is 16.3 Å². The monoisotopic (exact) mass is 433 g/mol. The first kappa shape index (κ1) is 19.9. The first-order valence-corrected chi connectivity index (χ1v) is 9.89. The summed E-state index contributed by atoms with van der Waals surface area (Å²) in [6.07, 6.45) is 8.04. The van der Waals surface area contributed by atoms with Crippen LogP contribution in [0.2, 0.25) is 0 Å². The predicted molar refractivity (Wildman–Crippen MR) is 115 cm³/mol. The lowest BCUT2D eigenvalue weighted by Crippen LogP contribution is -2.16. The molecule has 4 aromatic heterocycles. The minimum absolute atomic E-state index is 0.0595. The third-order valence-electron chi connectivity index (χ3n) is 4.17. The van der Waals surface area contributed by atoms with Gasteiger partial charge in [-0.15, -0.1) is 11.3 Å². The van der Waals surface area contributed by atoms with Gasteiger partial charge in [-0.25, -0.2) is 19.9 Å². The van der Waals surface area contributed by atoms with Crippen LogP contribution in [0.3, 0.4) is 0 Å². The Morgan fingerprint density at radius 2 is 2.03 bits per heavy atom. The van der Waals surface area contributed by atoms with E-state index in [1.54, 1.807) is 37.1 Å². The molecule has 2 N–H and O–H groups in total. The van der Waals surface area contributed by atoms with Crippen molar-refractivity contribution in [3.8, 4) is 22.3 Å². The number of hydrogen-bond donors (Lipinski definition) is 2. The molecule has 0 unspecified atom stereocenters. The van der Waals surface area contributed by atoms with Gasteiger partial charge in [-0.3, -0.25) is 10.1 Å². The molecule has 12 heteroatoms. The molecule has 0 saturated heterocycles. The molecular weight excluding hydrogens is 418 g/mol. The molecule has 11 nitrogen and oxygen atoms in total. The summed E-state index contributed by atoms with van der Waals surface area (Å²) in [5, 5.41) is 26.0. The molecule has 0 radical (unpaired) electrons. The fourth-order valence-electron chi connectivity index (χ4n) is 2.72. The normalized spacial score (nSPS) is 10.4. The SMILES string of the molecule is N#Cc1ccc(-c2nc(NCCNc3ccc([N+](=O)[O-])cn3)ncc2-n2ccnc2)s1. The number of nitriles is 1. The second-order valence-electron chi connectivity index (χ2n) is 6.19. The van der Waals surface area contributed by atoms with Crippen molar-refractivity contribution in [2.75, 3.05) is 23.7 Å². The van der Waals surface area contributed by atoms with Crippen LogP contribution in [-0.2, 0) is 0 Å².